The second-order valence-electron chi connectivity index (χ2n) is 4.82. The van der Waals surface area contributed by atoms with Crippen LogP contribution in [0.25, 0.3) is 0 Å². The molecule has 0 aromatic carbocycles. The molecule has 1 fully saturated rings. The van der Waals surface area contributed by atoms with Crippen molar-refractivity contribution >= 4 is 11.7 Å². The Hall–Kier alpha value is -2.10. The quantitative estimate of drug-likeness (QED) is 0.661. The molecule has 1 N–H and O–H groups in total. The average molecular weight is 271 g/mol. The minimum atomic E-state index is -0.0809. The Bertz CT molecular complexity index is 502. The van der Waals surface area contributed by atoms with E-state index in [2.05, 4.69) is 21.3 Å². The monoisotopic (exact) mass is 271 g/mol. The highest BCUT2D eigenvalue weighted by atomic mass is 16.1. The number of rotatable bonds is 5. The van der Waals surface area contributed by atoms with Crippen LogP contribution in [0.3, 0.4) is 0 Å². The molecule has 0 spiro atoms. The Balaban J connectivity index is 1.89. The van der Waals surface area contributed by atoms with E-state index in [1.165, 1.54) is 18.9 Å². The molecule has 1 amide bonds. The molecule has 0 saturated carbocycles. The molecule has 1 aliphatic rings. The first kappa shape index (κ1) is 14.3. The lowest BCUT2D eigenvalue weighted by atomic mass is 10.2. The molecule has 4 heteroatoms. The number of carbonyl (C=O) groups is 1. The van der Waals surface area contributed by atoms with E-state index >= 15 is 0 Å². The summed E-state index contributed by atoms with van der Waals surface area (Å²) in [5, 5.41) is 2.87. The zero-order chi connectivity index (χ0) is 14.2. The van der Waals surface area contributed by atoms with Crippen LogP contribution >= 0.6 is 0 Å². The van der Waals surface area contributed by atoms with Gasteiger partial charge in [0.15, 0.2) is 0 Å². The number of allylic oxidation sites excluding steroid dienone is 3. The molecule has 0 unspecified atom stereocenters. The van der Waals surface area contributed by atoms with Gasteiger partial charge in [-0.3, -0.25) is 4.79 Å². The lowest BCUT2D eigenvalue weighted by Crippen LogP contribution is -2.22. The summed E-state index contributed by atoms with van der Waals surface area (Å²) < 4.78 is 0. The first-order valence-electron chi connectivity index (χ1n) is 7.06. The number of pyridine rings is 1. The number of carbonyl (C=O) groups excluding carboxylic acids is 1. The van der Waals surface area contributed by atoms with Crippen LogP contribution in [0.15, 0.2) is 42.6 Å². The normalized spacial score (nSPS) is 15.3. The number of aromatic nitrogens is 1. The molecule has 0 bridgehead atoms. The number of nitrogens with zero attached hydrogens (tertiary/aromatic N) is 2. The molecule has 1 aromatic rings. The van der Waals surface area contributed by atoms with Crippen LogP contribution in [0.1, 0.15) is 25.3 Å². The predicted octanol–water partition coefficient (Wildman–Crippen LogP) is 2.43. The van der Waals surface area contributed by atoms with Gasteiger partial charge >= 0.3 is 0 Å². The molecule has 20 heavy (non-hydrogen) atoms. The summed E-state index contributed by atoms with van der Waals surface area (Å²) in [6.45, 7) is 4.60. The number of hydrogen-bond donors (Lipinski definition) is 1. The van der Waals surface area contributed by atoms with E-state index < -0.39 is 0 Å². The van der Waals surface area contributed by atoms with E-state index in [0.29, 0.717) is 6.54 Å². The van der Waals surface area contributed by atoms with E-state index in [9.17, 15) is 4.79 Å². The summed E-state index contributed by atoms with van der Waals surface area (Å²) in [5.41, 5.74) is 1.08. The SMILES string of the molecule is C/C=C/C=C/C(=O)NCc1ccnc(N2CCCC2)c1. The Labute approximate surface area is 120 Å². The van der Waals surface area contributed by atoms with Gasteiger partial charge in [-0.15, -0.1) is 0 Å². The molecule has 0 atom stereocenters. The summed E-state index contributed by atoms with van der Waals surface area (Å²) in [5.74, 6) is 0.932. The molecule has 1 saturated heterocycles. The smallest absolute Gasteiger partial charge is 0.244 e. The highest BCUT2D eigenvalue weighted by Gasteiger charge is 2.13. The maximum absolute atomic E-state index is 11.6. The summed E-state index contributed by atoms with van der Waals surface area (Å²) in [7, 11) is 0. The molecular formula is C16H21N3O. The van der Waals surface area contributed by atoms with Gasteiger partial charge in [-0.25, -0.2) is 4.98 Å². The summed E-state index contributed by atoms with van der Waals surface area (Å²) in [6, 6.07) is 4.00. The molecule has 2 rings (SSSR count). The van der Waals surface area contributed by atoms with Gasteiger partial charge in [0.05, 0.1) is 0 Å². The second kappa shape index (κ2) is 7.48. The van der Waals surface area contributed by atoms with E-state index in [0.717, 1.165) is 24.5 Å². The van der Waals surface area contributed by atoms with Crippen molar-refractivity contribution in [1.82, 2.24) is 10.3 Å². The lowest BCUT2D eigenvalue weighted by molar-refractivity contribution is -0.116. The Morgan fingerprint density at radius 1 is 1.40 bits per heavy atom. The second-order valence-corrected chi connectivity index (χ2v) is 4.82. The van der Waals surface area contributed by atoms with E-state index in [1.807, 2.05) is 31.3 Å². The molecular weight excluding hydrogens is 250 g/mol. The van der Waals surface area contributed by atoms with Crippen molar-refractivity contribution in [2.24, 2.45) is 0 Å². The standard InChI is InChI=1S/C16H21N3O/c1-2-3-4-7-16(20)18-13-14-8-9-17-15(12-14)19-10-5-6-11-19/h2-4,7-9,12H,5-6,10-11,13H2,1H3,(H,18,20)/b3-2+,7-4+. The highest BCUT2D eigenvalue weighted by Crippen LogP contribution is 2.18. The lowest BCUT2D eigenvalue weighted by Gasteiger charge is -2.16. The van der Waals surface area contributed by atoms with Crippen LogP contribution in [0.5, 0.6) is 0 Å². The number of nitrogens with one attached hydrogen (secondary N) is 1. The molecule has 0 aliphatic carbocycles. The molecule has 0 radical (unpaired) electrons. The Kier molecular flexibility index (Phi) is 5.35. The van der Waals surface area contributed by atoms with Crippen LogP contribution in [0.4, 0.5) is 5.82 Å². The third-order valence-corrected chi connectivity index (χ3v) is 3.26. The fourth-order valence-corrected chi connectivity index (χ4v) is 2.19. The largest absolute Gasteiger partial charge is 0.357 e. The number of anilines is 1. The zero-order valence-corrected chi connectivity index (χ0v) is 11.9. The van der Waals surface area contributed by atoms with E-state index in [4.69, 9.17) is 0 Å². The Morgan fingerprint density at radius 2 is 2.20 bits per heavy atom. The van der Waals surface area contributed by atoms with Crippen molar-refractivity contribution < 1.29 is 4.79 Å². The maximum atomic E-state index is 11.6. The van der Waals surface area contributed by atoms with Crippen molar-refractivity contribution in [2.75, 3.05) is 18.0 Å². The van der Waals surface area contributed by atoms with E-state index in [1.54, 1.807) is 6.08 Å². The predicted molar refractivity (Wildman–Crippen MR) is 81.5 cm³/mol. The summed E-state index contributed by atoms with van der Waals surface area (Å²) in [6.07, 6.45) is 11.3. The van der Waals surface area contributed by atoms with Gasteiger partial charge in [0.25, 0.3) is 0 Å². The average Bonchev–Trinajstić information content (AvgIpc) is 3.00. The molecule has 106 valence electrons. The van der Waals surface area contributed by atoms with Gasteiger partial charge in [0.2, 0.25) is 5.91 Å². The summed E-state index contributed by atoms with van der Waals surface area (Å²) in [4.78, 5) is 18.3. The first-order chi connectivity index (χ1) is 9.79. The van der Waals surface area contributed by atoms with Crippen LogP contribution in [0.2, 0.25) is 0 Å². The van der Waals surface area contributed by atoms with Crippen LogP contribution in [0, 0.1) is 0 Å². The fraction of sp³-hybridized carbons (Fsp3) is 0.375. The van der Waals surface area contributed by atoms with Gasteiger partial charge in [-0.1, -0.05) is 18.2 Å². The Morgan fingerprint density at radius 3 is 2.95 bits per heavy atom. The van der Waals surface area contributed by atoms with Crippen LogP contribution < -0.4 is 10.2 Å². The van der Waals surface area contributed by atoms with Gasteiger partial charge < -0.3 is 10.2 Å². The van der Waals surface area contributed by atoms with Crippen molar-refractivity contribution in [1.29, 1.82) is 0 Å². The van der Waals surface area contributed by atoms with Crippen molar-refractivity contribution in [2.45, 2.75) is 26.3 Å². The van der Waals surface area contributed by atoms with E-state index in [-0.39, 0.29) is 5.91 Å². The first-order valence-corrected chi connectivity index (χ1v) is 7.06. The minimum absolute atomic E-state index is 0.0809. The van der Waals surface area contributed by atoms with Crippen molar-refractivity contribution in [3.05, 3.63) is 48.2 Å². The summed E-state index contributed by atoms with van der Waals surface area (Å²) >= 11 is 0. The van der Waals surface area contributed by atoms with Gasteiger partial charge in [-0.2, -0.15) is 0 Å². The third-order valence-electron chi connectivity index (χ3n) is 3.26. The maximum Gasteiger partial charge on any atom is 0.244 e. The van der Waals surface area contributed by atoms with Gasteiger partial charge in [0.1, 0.15) is 5.82 Å². The minimum Gasteiger partial charge on any atom is -0.357 e. The highest BCUT2D eigenvalue weighted by molar-refractivity contribution is 5.87. The molecule has 1 aliphatic heterocycles. The third kappa shape index (κ3) is 4.23. The zero-order valence-electron chi connectivity index (χ0n) is 11.9. The van der Waals surface area contributed by atoms with Crippen molar-refractivity contribution in [3.8, 4) is 0 Å². The molecule has 4 nitrogen and oxygen atoms in total. The van der Waals surface area contributed by atoms with Gasteiger partial charge in [-0.05, 0) is 37.5 Å². The van der Waals surface area contributed by atoms with Gasteiger partial charge in [0, 0.05) is 31.9 Å². The van der Waals surface area contributed by atoms with Crippen LogP contribution in [-0.2, 0) is 11.3 Å². The van der Waals surface area contributed by atoms with Crippen LogP contribution in [-0.4, -0.2) is 24.0 Å². The topological polar surface area (TPSA) is 45.2 Å². The fourth-order valence-electron chi connectivity index (χ4n) is 2.19. The molecule has 1 aromatic heterocycles. The number of amides is 1. The van der Waals surface area contributed by atoms with Crippen molar-refractivity contribution in [3.63, 3.8) is 0 Å². The molecule has 2 heterocycles. The number of hydrogen-bond acceptors (Lipinski definition) is 3.